The van der Waals surface area contributed by atoms with Gasteiger partial charge in [0.25, 0.3) is 0 Å². The summed E-state index contributed by atoms with van der Waals surface area (Å²) in [7, 11) is 1.71. The zero-order valence-electron chi connectivity index (χ0n) is 12.0. The lowest BCUT2D eigenvalue weighted by Gasteiger charge is -2.29. The molecular weight excluding hydrogens is 226 g/mol. The molecule has 0 aromatic rings. The zero-order chi connectivity index (χ0) is 13.2. The summed E-state index contributed by atoms with van der Waals surface area (Å²) < 4.78 is 0. The molecule has 1 aliphatic rings. The fourth-order valence-corrected chi connectivity index (χ4v) is 2.63. The standard InChI is InChI=1S/C14H29N3O/c1-3-10-17(11-4-5-14(18)15-2)12-13-6-8-16-9-7-13/h13,16H,3-12H2,1-2H3,(H,15,18). The molecule has 1 amide bonds. The number of nitrogens with zero attached hydrogens (tertiary/aromatic N) is 1. The number of rotatable bonds is 8. The molecule has 4 heteroatoms. The van der Waals surface area contributed by atoms with Gasteiger partial charge in [0.2, 0.25) is 5.91 Å². The van der Waals surface area contributed by atoms with E-state index in [1.165, 1.54) is 38.9 Å². The van der Waals surface area contributed by atoms with Crippen LogP contribution in [-0.2, 0) is 4.79 Å². The molecule has 0 saturated carbocycles. The Bertz CT molecular complexity index is 227. The van der Waals surface area contributed by atoms with E-state index in [9.17, 15) is 4.79 Å². The van der Waals surface area contributed by atoms with E-state index in [1.807, 2.05) is 0 Å². The first kappa shape index (κ1) is 15.4. The molecule has 106 valence electrons. The van der Waals surface area contributed by atoms with Crippen molar-refractivity contribution in [2.75, 3.05) is 39.8 Å². The first-order valence-corrected chi connectivity index (χ1v) is 7.40. The number of amides is 1. The normalized spacial score (nSPS) is 17.1. The molecule has 0 aromatic heterocycles. The van der Waals surface area contributed by atoms with Gasteiger partial charge in [-0.15, -0.1) is 0 Å². The highest BCUT2D eigenvalue weighted by atomic mass is 16.1. The predicted molar refractivity (Wildman–Crippen MR) is 75.6 cm³/mol. The Balaban J connectivity index is 2.22. The molecule has 1 fully saturated rings. The SMILES string of the molecule is CCCN(CCCC(=O)NC)CC1CCNCC1. The Morgan fingerprint density at radius 2 is 2.06 bits per heavy atom. The van der Waals surface area contributed by atoms with E-state index in [0.717, 1.165) is 25.4 Å². The molecule has 1 aliphatic heterocycles. The summed E-state index contributed by atoms with van der Waals surface area (Å²) in [5.74, 6) is 1.01. The number of nitrogens with one attached hydrogen (secondary N) is 2. The molecule has 1 heterocycles. The minimum absolute atomic E-state index is 0.160. The second kappa shape index (κ2) is 9.34. The third-order valence-corrected chi connectivity index (χ3v) is 3.67. The van der Waals surface area contributed by atoms with Crippen molar-refractivity contribution in [3.63, 3.8) is 0 Å². The van der Waals surface area contributed by atoms with Crippen LogP contribution in [0.4, 0.5) is 0 Å². The van der Waals surface area contributed by atoms with E-state index in [2.05, 4.69) is 22.5 Å². The monoisotopic (exact) mass is 255 g/mol. The maximum atomic E-state index is 11.2. The number of carbonyl (C=O) groups is 1. The van der Waals surface area contributed by atoms with Crippen LogP contribution in [0.25, 0.3) is 0 Å². The largest absolute Gasteiger partial charge is 0.359 e. The van der Waals surface area contributed by atoms with Crippen LogP contribution < -0.4 is 10.6 Å². The minimum atomic E-state index is 0.160. The van der Waals surface area contributed by atoms with E-state index in [1.54, 1.807) is 7.05 Å². The third-order valence-electron chi connectivity index (χ3n) is 3.67. The summed E-state index contributed by atoms with van der Waals surface area (Å²) >= 11 is 0. The fourth-order valence-electron chi connectivity index (χ4n) is 2.63. The van der Waals surface area contributed by atoms with Gasteiger partial charge in [-0.05, 0) is 57.8 Å². The average Bonchev–Trinajstić information content (AvgIpc) is 2.40. The highest BCUT2D eigenvalue weighted by molar-refractivity contribution is 5.75. The first-order valence-electron chi connectivity index (χ1n) is 7.40. The molecule has 18 heavy (non-hydrogen) atoms. The molecule has 0 atom stereocenters. The van der Waals surface area contributed by atoms with Crippen LogP contribution in [-0.4, -0.2) is 50.6 Å². The van der Waals surface area contributed by atoms with Crippen LogP contribution in [0.15, 0.2) is 0 Å². The van der Waals surface area contributed by atoms with E-state index in [0.29, 0.717) is 6.42 Å². The Morgan fingerprint density at radius 1 is 1.33 bits per heavy atom. The topological polar surface area (TPSA) is 44.4 Å². The molecule has 0 spiro atoms. The van der Waals surface area contributed by atoms with Crippen molar-refractivity contribution >= 4 is 5.91 Å². The Labute approximate surface area is 111 Å². The van der Waals surface area contributed by atoms with Gasteiger partial charge in [0.1, 0.15) is 0 Å². The fraction of sp³-hybridized carbons (Fsp3) is 0.929. The predicted octanol–water partition coefficient (Wildman–Crippen LogP) is 1.22. The molecule has 1 rings (SSSR count). The lowest BCUT2D eigenvalue weighted by molar-refractivity contribution is -0.120. The van der Waals surface area contributed by atoms with E-state index < -0.39 is 0 Å². The summed E-state index contributed by atoms with van der Waals surface area (Å²) in [6.45, 7) is 8.01. The molecule has 0 bridgehead atoms. The molecule has 0 aliphatic carbocycles. The van der Waals surface area contributed by atoms with Gasteiger partial charge in [-0.1, -0.05) is 6.92 Å². The van der Waals surface area contributed by atoms with Crippen LogP contribution >= 0.6 is 0 Å². The zero-order valence-corrected chi connectivity index (χ0v) is 12.0. The third kappa shape index (κ3) is 6.36. The van der Waals surface area contributed by atoms with Crippen molar-refractivity contribution < 1.29 is 4.79 Å². The quantitative estimate of drug-likeness (QED) is 0.685. The average molecular weight is 255 g/mol. The lowest BCUT2D eigenvalue weighted by atomic mass is 9.97. The van der Waals surface area contributed by atoms with Crippen molar-refractivity contribution in [3.8, 4) is 0 Å². The number of hydrogen-bond donors (Lipinski definition) is 2. The minimum Gasteiger partial charge on any atom is -0.359 e. The van der Waals surface area contributed by atoms with E-state index in [-0.39, 0.29) is 5.91 Å². The molecule has 1 saturated heterocycles. The lowest BCUT2D eigenvalue weighted by Crippen LogP contribution is -2.37. The summed E-state index contributed by atoms with van der Waals surface area (Å²) in [5, 5.41) is 6.10. The molecule has 0 unspecified atom stereocenters. The van der Waals surface area contributed by atoms with Gasteiger partial charge in [-0.2, -0.15) is 0 Å². The second-order valence-electron chi connectivity index (χ2n) is 5.27. The van der Waals surface area contributed by atoms with E-state index in [4.69, 9.17) is 0 Å². The number of hydrogen-bond acceptors (Lipinski definition) is 3. The molecular formula is C14H29N3O. The number of carbonyl (C=O) groups excluding carboxylic acids is 1. The van der Waals surface area contributed by atoms with Crippen LogP contribution in [0.3, 0.4) is 0 Å². The molecule has 2 N–H and O–H groups in total. The molecule has 4 nitrogen and oxygen atoms in total. The highest BCUT2D eigenvalue weighted by Gasteiger charge is 2.16. The van der Waals surface area contributed by atoms with Gasteiger partial charge in [-0.3, -0.25) is 4.79 Å². The van der Waals surface area contributed by atoms with Gasteiger partial charge in [0.05, 0.1) is 0 Å². The van der Waals surface area contributed by atoms with Gasteiger partial charge in [0.15, 0.2) is 0 Å². The van der Waals surface area contributed by atoms with Gasteiger partial charge in [0, 0.05) is 20.0 Å². The van der Waals surface area contributed by atoms with Crippen molar-refractivity contribution in [2.45, 2.75) is 39.0 Å². The summed E-state index contributed by atoms with van der Waals surface area (Å²) in [6, 6.07) is 0. The summed E-state index contributed by atoms with van der Waals surface area (Å²) in [6.07, 6.45) is 5.43. The summed E-state index contributed by atoms with van der Waals surface area (Å²) in [5.41, 5.74) is 0. The van der Waals surface area contributed by atoms with Gasteiger partial charge in [-0.25, -0.2) is 0 Å². The van der Waals surface area contributed by atoms with Crippen LogP contribution in [0.2, 0.25) is 0 Å². The van der Waals surface area contributed by atoms with E-state index >= 15 is 0 Å². The van der Waals surface area contributed by atoms with Crippen molar-refractivity contribution in [1.82, 2.24) is 15.5 Å². The van der Waals surface area contributed by atoms with Crippen molar-refractivity contribution in [3.05, 3.63) is 0 Å². The number of piperidine rings is 1. The van der Waals surface area contributed by atoms with Crippen LogP contribution in [0.5, 0.6) is 0 Å². The van der Waals surface area contributed by atoms with Crippen molar-refractivity contribution in [1.29, 1.82) is 0 Å². The second-order valence-corrected chi connectivity index (χ2v) is 5.27. The van der Waals surface area contributed by atoms with Gasteiger partial charge >= 0.3 is 0 Å². The highest BCUT2D eigenvalue weighted by Crippen LogP contribution is 2.14. The van der Waals surface area contributed by atoms with Crippen molar-refractivity contribution in [2.24, 2.45) is 5.92 Å². The summed E-state index contributed by atoms with van der Waals surface area (Å²) in [4.78, 5) is 13.7. The first-order chi connectivity index (χ1) is 8.76. The Morgan fingerprint density at radius 3 is 2.67 bits per heavy atom. The van der Waals surface area contributed by atoms with Gasteiger partial charge < -0.3 is 15.5 Å². The Hall–Kier alpha value is -0.610. The van der Waals surface area contributed by atoms with Crippen LogP contribution in [0.1, 0.15) is 39.0 Å². The maximum Gasteiger partial charge on any atom is 0.219 e. The van der Waals surface area contributed by atoms with Crippen LogP contribution in [0, 0.1) is 5.92 Å². The molecule has 0 aromatic carbocycles. The smallest absolute Gasteiger partial charge is 0.219 e. The molecule has 0 radical (unpaired) electrons. The Kier molecular flexibility index (Phi) is 8.01. The maximum absolute atomic E-state index is 11.2.